The van der Waals surface area contributed by atoms with E-state index in [-0.39, 0.29) is 17.2 Å². The first-order chi connectivity index (χ1) is 18.2. The number of hydrogen-bond donors (Lipinski definition) is 2. The highest BCUT2D eigenvalue weighted by Crippen LogP contribution is 2.43. The van der Waals surface area contributed by atoms with Crippen molar-refractivity contribution in [1.29, 1.82) is 0 Å². The molecule has 38 heavy (non-hydrogen) atoms. The highest BCUT2D eigenvalue weighted by atomic mass is 16.5. The van der Waals surface area contributed by atoms with E-state index < -0.39 is 17.7 Å². The van der Waals surface area contributed by atoms with Crippen molar-refractivity contribution in [1.82, 2.24) is 0 Å². The summed E-state index contributed by atoms with van der Waals surface area (Å²) in [6, 6.07) is 20.1. The van der Waals surface area contributed by atoms with Crippen LogP contribution in [0.2, 0.25) is 0 Å². The molecular formula is C30H31N3O5. The van der Waals surface area contributed by atoms with E-state index >= 15 is 0 Å². The van der Waals surface area contributed by atoms with E-state index in [0.717, 1.165) is 12.1 Å². The minimum atomic E-state index is -0.890. The second kappa shape index (κ2) is 11.2. The molecule has 1 aliphatic rings. The summed E-state index contributed by atoms with van der Waals surface area (Å²) in [5.74, 6) is -1.56. The highest BCUT2D eigenvalue weighted by molar-refractivity contribution is 6.51. The summed E-state index contributed by atoms with van der Waals surface area (Å²) in [7, 11) is 3.84. The third kappa shape index (κ3) is 5.39. The molecule has 2 N–H and O–H groups in total. The third-order valence-corrected chi connectivity index (χ3v) is 6.19. The van der Waals surface area contributed by atoms with Gasteiger partial charge in [-0.2, -0.15) is 0 Å². The number of hydrogen-bond acceptors (Lipinski definition) is 6. The molecule has 2 amide bonds. The summed E-state index contributed by atoms with van der Waals surface area (Å²) in [5, 5.41) is 14.1. The average Bonchev–Trinajstić information content (AvgIpc) is 3.17. The Hall–Kier alpha value is -4.59. The van der Waals surface area contributed by atoms with Crippen LogP contribution in [0.4, 0.5) is 17.1 Å². The zero-order chi connectivity index (χ0) is 27.4. The molecule has 8 heteroatoms. The SMILES string of the molecule is CCCOc1cccc(/C(O)=C2\C(=O)C(=O)N(c3cccc(NC(C)=O)c3)C2c2ccc(N(C)C)cc2)c1. The van der Waals surface area contributed by atoms with E-state index in [0.29, 0.717) is 34.9 Å². The van der Waals surface area contributed by atoms with E-state index in [1.807, 2.05) is 50.2 Å². The van der Waals surface area contributed by atoms with Crippen LogP contribution < -0.4 is 19.9 Å². The van der Waals surface area contributed by atoms with Crippen LogP contribution in [-0.4, -0.2) is 43.4 Å². The number of carbonyl (C=O) groups is 3. The Balaban J connectivity index is 1.88. The first-order valence-electron chi connectivity index (χ1n) is 12.4. The monoisotopic (exact) mass is 513 g/mol. The molecule has 0 spiro atoms. The van der Waals surface area contributed by atoms with Crippen LogP contribution in [0.5, 0.6) is 5.75 Å². The highest BCUT2D eigenvalue weighted by Gasteiger charge is 2.47. The summed E-state index contributed by atoms with van der Waals surface area (Å²) < 4.78 is 5.70. The van der Waals surface area contributed by atoms with Gasteiger partial charge in [-0.3, -0.25) is 19.3 Å². The molecule has 8 nitrogen and oxygen atoms in total. The molecule has 3 aromatic carbocycles. The van der Waals surface area contributed by atoms with Crippen LogP contribution >= 0.6 is 0 Å². The largest absolute Gasteiger partial charge is 0.507 e. The maximum Gasteiger partial charge on any atom is 0.300 e. The fraction of sp³-hybridized carbons (Fsp3) is 0.233. The molecular weight excluding hydrogens is 482 g/mol. The zero-order valence-corrected chi connectivity index (χ0v) is 21.9. The van der Waals surface area contributed by atoms with Gasteiger partial charge in [-0.15, -0.1) is 0 Å². The number of ketones is 1. The van der Waals surface area contributed by atoms with Crippen LogP contribution in [0.15, 0.2) is 78.4 Å². The number of anilines is 3. The number of amides is 2. The van der Waals surface area contributed by atoms with Crippen LogP contribution in [0.1, 0.15) is 37.4 Å². The smallest absolute Gasteiger partial charge is 0.300 e. The van der Waals surface area contributed by atoms with Crippen molar-refractivity contribution < 1.29 is 24.2 Å². The lowest BCUT2D eigenvalue weighted by molar-refractivity contribution is -0.132. The number of aliphatic hydroxyl groups excluding tert-OH is 1. The predicted octanol–water partition coefficient (Wildman–Crippen LogP) is 5.13. The lowest BCUT2D eigenvalue weighted by atomic mass is 9.94. The molecule has 1 unspecified atom stereocenters. The molecule has 1 fully saturated rings. The van der Waals surface area contributed by atoms with E-state index in [2.05, 4.69) is 5.32 Å². The molecule has 0 aliphatic carbocycles. The van der Waals surface area contributed by atoms with Gasteiger partial charge in [-0.25, -0.2) is 0 Å². The number of nitrogens with zero attached hydrogens (tertiary/aromatic N) is 2. The van der Waals surface area contributed by atoms with Gasteiger partial charge in [0.2, 0.25) is 5.91 Å². The molecule has 4 rings (SSSR count). The number of ether oxygens (including phenoxy) is 1. The summed E-state index contributed by atoms with van der Waals surface area (Å²) in [5.41, 5.74) is 2.85. The summed E-state index contributed by atoms with van der Waals surface area (Å²) in [6.07, 6.45) is 0.821. The number of aliphatic hydroxyl groups is 1. The summed E-state index contributed by atoms with van der Waals surface area (Å²) in [6.45, 7) is 3.90. The lowest BCUT2D eigenvalue weighted by Crippen LogP contribution is -2.29. The van der Waals surface area contributed by atoms with E-state index in [4.69, 9.17) is 4.74 Å². The zero-order valence-electron chi connectivity index (χ0n) is 21.9. The van der Waals surface area contributed by atoms with Gasteiger partial charge in [0.25, 0.3) is 11.7 Å². The Kier molecular flexibility index (Phi) is 7.81. The van der Waals surface area contributed by atoms with Crippen molar-refractivity contribution in [3.05, 3.63) is 89.5 Å². The first kappa shape index (κ1) is 26.5. The molecule has 1 atom stereocenters. The quantitative estimate of drug-likeness (QED) is 0.246. The van der Waals surface area contributed by atoms with E-state index in [1.165, 1.54) is 11.8 Å². The fourth-order valence-corrected chi connectivity index (χ4v) is 4.41. The number of rotatable bonds is 8. The molecule has 1 saturated heterocycles. The van der Waals surface area contributed by atoms with E-state index in [9.17, 15) is 19.5 Å². The van der Waals surface area contributed by atoms with Gasteiger partial charge < -0.3 is 20.1 Å². The number of nitrogens with one attached hydrogen (secondary N) is 1. The Morgan fingerprint density at radius 3 is 2.39 bits per heavy atom. The summed E-state index contributed by atoms with van der Waals surface area (Å²) in [4.78, 5) is 41.9. The molecule has 1 aliphatic heterocycles. The van der Waals surface area contributed by atoms with Gasteiger partial charge in [0.1, 0.15) is 11.5 Å². The average molecular weight is 514 g/mol. The predicted molar refractivity (Wildman–Crippen MR) is 149 cm³/mol. The number of carbonyl (C=O) groups excluding carboxylic acids is 3. The van der Waals surface area contributed by atoms with Crippen molar-refractivity contribution in [2.24, 2.45) is 0 Å². The first-order valence-corrected chi connectivity index (χ1v) is 12.4. The Bertz CT molecular complexity index is 1400. The second-order valence-corrected chi connectivity index (χ2v) is 9.26. The normalized spacial score (nSPS) is 16.4. The van der Waals surface area contributed by atoms with Gasteiger partial charge in [-0.1, -0.05) is 37.3 Å². The maximum atomic E-state index is 13.5. The Labute approximate surface area is 222 Å². The molecule has 0 saturated carbocycles. The standard InChI is InChI=1S/C30H31N3O5/c1-5-16-38-25-11-6-8-21(17-25)28(35)26-27(20-12-14-23(15-13-20)32(3)4)33(30(37)29(26)36)24-10-7-9-22(18-24)31-19(2)34/h6-15,17-18,27,35H,5,16H2,1-4H3,(H,31,34)/b28-26+. The van der Waals surface area contributed by atoms with Crippen LogP contribution in [-0.2, 0) is 14.4 Å². The van der Waals surface area contributed by atoms with Crippen LogP contribution in [0, 0.1) is 0 Å². The van der Waals surface area contributed by atoms with Gasteiger partial charge in [0, 0.05) is 43.6 Å². The van der Waals surface area contributed by atoms with Crippen molar-refractivity contribution >= 4 is 40.4 Å². The molecule has 3 aromatic rings. The van der Waals surface area contributed by atoms with Crippen LogP contribution in [0.25, 0.3) is 5.76 Å². The van der Waals surface area contributed by atoms with Crippen molar-refractivity contribution in [3.63, 3.8) is 0 Å². The van der Waals surface area contributed by atoms with Gasteiger partial charge in [0.05, 0.1) is 18.2 Å². The molecule has 1 heterocycles. The minimum Gasteiger partial charge on any atom is -0.507 e. The van der Waals surface area contributed by atoms with Crippen LogP contribution in [0.3, 0.4) is 0 Å². The number of benzene rings is 3. The molecule has 0 aromatic heterocycles. The van der Waals surface area contributed by atoms with Crippen molar-refractivity contribution in [3.8, 4) is 5.75 Å². The molecule has 0 bridgehead atoms. The lowest BCUT2D eigenvalue weighted by Gasteiger charge is -2.26. The maximum absolute atomic E-state index is 13.5. The number of Topliss-reactive ketones (excluding diaryl/α,β-unsaturated/α-hetero) is 1. The molecule has 0 radical (unpaired) electrons. The minimum absolute atomic E-state index is 0.0230. The Morgan fingerprint density at radius 2 is 1.74 bits per heavy atom. The molecule has 196 valence electrons. The summed E-state index contributed by atoms with van der Waals surface area (Å²) >= 11 is 0. The van der Waals surface area contributed by atoms with Gasteiger partial charge in [0.15, 0.2) is 0 Å². The van der Waals surface area contributed by atoms with E-state index in [1.54, 1.807) is 48.5 Å². The second-order valence-electron chi connectivity index (χ2n) is 9.26. The van der Waals surface area contributed by atoms with Crippen molar-refractivity contribution in [2.45, 2.75) is 26.3 Å². The Morgan fingerprint density at radius 1 is 1.03 bits per heavy atom. The topological polar surface area (TPSA) is 99.2 Å². The van der Waals surface area contributed by atoms with Crippen molar-refractivity contribution in [2.75, 3.05) is 35.8 Å². The third-order valence-electron chi connectivity index (χ3n) is 6.19. The fourth-order valence-electron chi connectivity index (χ4n) is 4.41. The van der Waals surface area contributed by atoms with Gasteiger partial charge >= 0.3 is 0 Å². The van der Waals surface area contributed by atoms with Gasteiger partial charge in [-0.05, 0) is 54.4 Å².